The van der Waals surface area contributed by atoms with Gasteiger partial charge in [-0.2, -0.15) is 0 Å². The Morgan fingerprint density at radius 1 is 1.38 bits per heavy atom. The fourth-order valence-corrected chi connectivity index (χ4v) is 1.70. The molecule has 3 nitrogen and oxygen atoms in total. The third-order valence-electron chi connectivity index (χ3n) is 2.65. The van der Waals surface area contributed by atoms with E-state index in [9.17, 15) is 4.39 Å². The van der Waals surface area contributed by atoms with E-state index < -0.39 is 0 Å². The van der Waals surface area contributed by atoms with Gasteiger partial charge in [-0.05, 0) is 30.2 Å². The van der Waals surface area contributed by atoms with Gasteiger partial charge < -0.3 is 10.3 Å². The van der Waals surface area contributed by atoms with Gasteiger partial charge in [-0.15, -0.1) is 0 Å². The maximum atomic E-state index is 13.1. The molecule has 1 heterocycles. The topological polar surface area (TPSA) is 43.8 Å². The Balaban J connectivity index is 2.33. The van der Waals surface area contributed by atoms with Crippen LogP contribution in [0.4, 0.5) is 4.39 Å². The van der Waals surface area contributed by atoms with Crippen molar-refractivity contribution in [2.75, 3.05) is 0 Å². The lowest BCUT2D eigenvalue weighted by Gasteiger charge is -2.10. The molecule has 0 aliphatic rings. The van der Waals surface area contributed by atoms with Gasteiger partial charge >= 0.3 is 0 Å². The van der Waals surface area contributed by atoms with Gasteiger partial charge in [0.15, 0.2) is 0 Å². The van der Waals surface area contributed by atoms with Crippen LogP contribution in [0.15, 0.2) is 30.6 Å². The molecule has 0 saturated carbocycles. The molecule has 84 valence electrons. The van der Waals surface area contributed by atoms with Gasteiger partial charge in [0.1, 0.15) is 11.6 Å². The van der Waals surface area contributed by atoms with Crippen LogP contribution in [-0.2, 0) is 13.1 Å². The molecule has 2 N–H and O–H groups in total. The van der Waals surface area contributed by atoms with E-state index in [1.54, 1.807) is 12.3 Å². The van der Waals surface area contributed by atoms with Crippen molar-refractivity contribution < 1.29 is 4.39 Å². The first-order valence-corrected chi connectivity index (χ1v) is 5.16. The Kier molecular flexibility index (Phi) is 3.01. The average molecular weight is 219 g/mol. The van der Waals surface area contributed by atoms with Crippen molar-refractivity contribution in [2.24, 2.45) is 5.73 Å². The van der Waals surface area contributed by atoms with Crippen molar-refractivity contribution in [3.8, 4) is 0 Å². The van der Waals surface area contributed by atoms with E-state index in [4.69, 9.17) is 5.73 Å². The minimum atomic E-state index is -0.232. The molecule has 0 amide bonds. The summed E-state index contributed by atoms with van der Waals surface area (Å²) in [5.41, 5.74) is 7.49. The standard InChI is InChI=1S/C12H14FN3/c1-9-15-4-5-16(9)8-11-6-12(13)3-2-10(11)7-14/h2-6H,7-8,14H2,1H3. The van der Waals surface area contributed by atoms with E-state index in [1.807, 2.05) is 17.7 Å². The predicted octanol–water partition coefficient (Wildman–Crippen LogP) is 1.84. The molecule has 0 saturated heterocycles. The van der Waals surface area contributed by atoms with E-state index in [-0.39, 0.29) is 5.82 Å². The molecule has 16 heavy (non-hydrogen) atoms. The van der Waals surface area contributed by atoms with Crippen molar-refractivity contribution in [3.05, 3.63) is 53.4 Å². The van der Waals surface area contributed by atoms with E-state index in [2.05, 4.69) is 4.98 Å². The Labute approximate surface area is 93.7 Å². The number of imidazole rings is 1. The second kappa shape index (κ2) is 4.45. The summed E-state index contributed by atoms with van der Waals surface area (Å²) < 4.78 is 15.1. The van der Waals surface area contributed by atoms with Gasteiger partial charge in [0.25, 0.3) is 0 Å². The molecule has 2 rings (SSSR count). The molecular formula is C12H14FN3. The molecule has 0 radical (unpaired) electrons. The van der Waals surface area contributed by atoms with Crippen molar-refractivity contribution in [2.45, 2.75) is 20.0 Å². The second-order valence-electron chi connectivity index (χ2n) is 3.72. The quantitative estimate of drug-likeness (QED) is 0.856. The highest BCUT2D eigenvalue weighted by Gasteiger charge is 2.05. The first-order chi connectivity index (χ1) is 7.70. The van der Waals surface area contributed by atoms with Crippen LogP contribution in [0.25, 0.3) is 0 Å². The zero-order chi connectivity index (χ0) is 11.5. The summed E-state index contributed by atoms with van der Waals surface area (Å²) in [4.78, 5) is 4.13. The highest BCUT2D eigenvalue weighted by atomic mass is 19.1. The van der Waals surface area contributed by atoms with Crippen LogP contribution in [0.1, 0.15) is 17.0 Å². The van der Waals surface area contributed by atoms with Crippen LogP contribution in [0.2, 0.25) is 0 Å². The number of nitrogens with zero attached hydrogens (tertiary/aromatic N) is 2. The predicted molar refractivity (Wildman–Crippen MR) is 60.4 cm³/mol. The second-order valence-corrected chi connectivity index (χ2v) is 3.72. The third-order valence-corrected chi connectivity index (χ3v) is 2.65. The summed E-state index contributed by atoms with van der Waals surface area (Å²) in [6.45, 7) is 2.95. The Hall–Kier alpha value is -1.68. The molecular weight excluding hydrogens is 205 g/mol. The molecule has 0 fully saturated rings. The lowest BCUT2D eigenvalue weighted by Crippen LogP contribution is -2.07. The number of aryl methyl sites for hydroxylation is 1. The highest BCUT2D eigenvalue weighted by molar-refractivity contribution is 5.28. The summed E-state index contributed by atoms with van der Waals surface area (Å²) in [5, 5.41) is 0. The van der Waals surface area contributed by atoms with Crippen LogP contribution < -0.4 is 5.73 Å². The van der Waals surface area contributed by atoms with Crippen LogP contribution >= 0.6 is 0 Å². The summed E-state index contributed by atoms with van der Waals surface area (Å²) in [5.74, 6) is 0.678. The monoisotopic (exact) mass is 219 g/mol. The molecule has 0 spiro atoms. The summed E-state index contributed by atoms with van der Waals surface area (Å²) in [6, 6.07) is 4.70. The van der Waals surface area contributed by atoms with Crippen LogP contribution in [0, 0.1) is 12.7 Å². The number of aromatic nitrogens is 2. The molecule has 0 aliphatic heterocycles. The number of benzene rings is 1. The zero-order valence-corrected chi connectivity index (χ0v) is 9.15. The van der Waals surface area contributed by atoms with Crippen molar-refractivity contribution in [1.29, 1.82) is 0 Å². The zero-order valence-electron chi connectivity index (χ0n) is 9.15. The molecule has 0 atom stereocenters. The number of rotatable bonds is 3. The molecule has 0 bridgehead atoms. The molecule has 0 aliphatic carbocycles. The van der Waals surface area contributed by atoms with Gasteiger partial charge in [0.05, 0.1) is 0 Å². The van der Waals surface area contributed by atoms with E-state index in [0.717, 1.165) is 17.0 Å². The lowest BCUT2D eigenvalue weighted by molar-refractivity contribution is 0.621. The fraction of sp³-hybridized carbons (Fsp3) is 0.250. The maximum absolute atomic E-state index is 13.1. The fourth-order valence-electron chi connectivity index (χ4n) is 1.70. The minimum Gasteiger partial charge on any atom is -0.331 e. The third kappa shape index (κ3) is 2.12. The number of hydrogen-bond acceptors (Lipinski definition) is 2. The molecule has 0 unspecified atom stereocenters. The molecule has 4 heteroatoms. The van der Waals surface area contributed by atoms with Crippen LogP contribution in [-0.4, -0.2) is 9.55 Å². The van der Waals surface area contributed by atoms with Gasteiger partial charge in [-0.3, -0.25) is 0 Å². The summed E-state index contributed by atoms with van der Waals surface area (Å²) in [6.07, 6.45) is 3.61. The summed E-state index contributed by atoms with van der Waals surface area (Å²) in [7, 11) is 0. The number of hydrogen-bond donors (Lipinski definition) is 1. The molecule has 1 aromatic carbocycles. The van der Waals surface area contributed by atoms with Crippen LogP contribution in [0.3, 0.4) is 0 Å². The minimum absolute atomic E-state index is 0.232. The van der Waals surface area contributed by atoms with Crippen molar-refractivity contribution >= 4 is 0 Å². The van der Waals surface area contributed by atoms with Gasteiger partial charge in [-0.25, -0.2) is 9.37 Å². The molecule has 1 aromatic heterocycles. The van der Waals surface area contributed by atoms with E-state index in [0.29, 0.717) is 13.1 Å². The molecule has 2 aromatic rings. The Morgan fingerprint density at radius 2 is 2.19 bits per heavy atom. The van der Waals surface area contributed by atoms with Gasteiger partial charge in [0.2, 0.25) is 0 Å². The largest absolute Gasteiger partial charge is 0.331 e. The average Bonchev–Trinajstić information content (AvgIpc) is 2.65. The first-order valence-electron chi connectivity index (χ1n) is 5.16. The van der Waals surface area contributed by atoms with E-state index >= 15 is 0 Å². The Bertz CT molecular complexity index is 491. The van der Waals surface area contributed by atoms with Crippen LogP contribution in [0.5, 0.6) is 0 Å². The normalized spacial score (nSPS) is 10.7. The maximum Gasteiger partial charge on any atom is 0.123 e. The smallest absolute Gasteiger partial charge is 0.123 e. The van der Waals surface area contributed by atoms with E-state index in [1.165, 1.54) is 12.1 Å². The SMILES string of the molecule is Cc1nccn1Cc1cc(F)ccc1CN. The van der Waals surface area contributed by atoms with Gasteiger partial charge in [-0.1, -0.05) is 6.07 Å². The highest BCUT2D eigenvalue weighted by Crippen LogP contribution is 2.13. The van der Waals surface area contributed by atoms with Crippen molar-refractivity contribution in [1.82, 2.24) is 9.55 Å². The van der Waals surface area contributed by atoms with Crippen molar-refractivity contribution in [3.63, 3.8) is 0 Å². The summed E-state index contributed by atoms with van der Waals surface area (Å²) >= 11 is 0. The number of nitrogens with two attached hydrogens (primary N) is 1. The van der Waals surface area contributed by atoms with Gasteiger partial charge in [0, 0.05) is 25.5 Å². The number of halogens is 1. The first kappa shape index (κ1) is 10.8. The lowest BCUT2D eigenvalue weighted by atomic mass is 10.1. The Morgan fingerprint density at radius 3 is 2.81 bits per heavy atom.